The van der Waals surface area contributed by atoms with Crippen LogP contribution in [-0.4, -0.2) is 70.1 Å². The van der Waals surface area contributed by atoms with Gasteiger partial charge in [0, 0.05) is 21.1 Å². The van der Waals surface area contributed by atoms with Crippen LogP contribution >= 0.6 is 0 Å². The predicted octanol–water partition coefficient (Wildman–Crippen LogP) is -2.95. The van der Waals surface area contributed by atoms with Gasteiger partial charge in [-0.25, -0.2) is 0 Å². The Balaban J connectivity index is 0. The SMILES string of the molecule is O.O.[Mo].[NaH].[NaH]. The molecule has 5 heavy (non-hydrogen) atoms. The summed E-state index contributed by atoms with van der Waals surface area (Å²) in [6.07, 6.45) is 0. The molecule has 26 valence electrons. The Bertz CT molecular complexity index is 7.61. The zero-order valence-electron chi connectivity index (χ0n) is 1.41. The average molecular weight is 180 g/mol. The van der Waals surface area contributed by atoms with E-state index < -0.39 is 0 Å². The number of rotatable bonds is 0. The van der Waals surface area contributed by atoms with Crippen molar-refractivity contribution in [3.8, 4) is 0 Å². The van der Waals surface area contributed by atoms with Crippen LogP contribution in [0, 0.1) is 0 Å². The fraction of sp³-hybridized carbons (Fsp3) is 0. The van der Waals surface area contributed by atoms with Gasteiger partial charge in [0.05, 0.1) is 0 Å². The fourth-order valence-corrected chi connectivity index (χ4v) is 0. The molecule has 0 atom stereocenters. The quantitative estimate of drug-likeness (QED) is 0.358. The molecule has 5 heteroatoms. The van der Waals surface area contributed by atoms with Gasteiger partial charge in [-0.1, -0.05) is 0 Å². The molecule has 0 amide bonds. The molecule has 0 spiro atoms. The molecule has 0 aromatic rings. The molecular weight excluding hydrogens is 174 g/mol. The van der Waals surface area contributed by atoms with Crippen LogP contribution in [0.3, 0.4) is 0 Å². The van der Waals surface area contributed by atoms with Crippen molar-refractivity contribution in [2.75, 3.05) is 0 Å². The van der Waals surface area contributed by atoms with Crippen LogP contribution in [-0.2, 0) is 21.1 Å². The van der Waals surface area contributed by atoms with Crippen LogP contribution in [0.25, 0.3) is 0 Å². The summed E-state index contributed by atoms with van der Waals surface area (Å²) in [7, 11) is 0. The van der Waals surface area contributed by atoms with Crippen molar-refractivity contribution in [1.82, 2.24) is 0 Å². The van der Waals surface area contributed by atoms with Gasteiger partial charge in [0.25, 0.3) is 0 Å². The van der Waals surface area contributed by atoms with E-state index in [1.165, 1.54) is 0 Å². The van der Waals surface area contributed by atoms with Gasteiger partial charge in [0.15, 0.2) is 0 Å². The van der Waals surface area contributed by atoms with Gasteiger partial charge in [-0.15, -0.1) is 0 Å². The predicted molar refractivity (Wildman–Crippen MR) is 21.5 cm³/mol. The summed E-state index contributed by atoms with van der Waals surface area (Å²) in [4.78, 5) is 0. The van der Waals surface area contributed by atoms with Gasteiger partial charge in [0.1, 0.15) is 0 Å². The van der Waals surface area contributed by atoms with E-state index in [1.54, 1.807) is 0 Å². The van der Waals surface area contributed by atoms with Crippen LogP contribution in [0.1, 0.15) is 0 Å². The van der Waals surface area contributed by atoms with Gasteiger partial charge in [-0.2, -0.15) is 0 Å². The third kappa shape index (κ3) is 20.6. The van der Waals surface area contributed by atoms with E-state index in [0.29, 0.717) is 0 Å². The zero-order chi connectivity index (χ0) is 0. The second kappa shape index (κ2) is 30.6. The molecule has 0 radical (unpaired) electrons. The third-order valence-corrected chi connectivity index (χ3v) is 0. The molecule has 0 aliphatic heterocycles. The first-order valence-electron chi connectivity index (χ1n) is 0. The molecule has 0 aliphatic rings. The normalized spacial score (nSPS) is 0. The third-order valence-electron chi connectivity index (χ3n) is 0. The van der Waals surface area contributed by atoms with Gasteiger partial charge >= 0.3 is 59.1 Å². The molecule has 0 bridgehead atoms. The minimum atomic E-state index is 0. The van der Waals surface area contributed by atoms with Crippen molar-refractivity contribution in [3.05, 3.63) is 0 Å². The van der Waals surface area contributed by atoms with Crippen molar-refractivity contribution in [3.63, 3.8) is 0 Å². The summed E-state index contributed by atoms with van der Waals surface area (Å²) in [6.45, 7) is 0. The second-order valence-electron chi connectivity index (χ2n) is 0. The van der Waals surface area contributed by atoms with E-state index in [9.17, 15) is 0 Å². The first kappa shape index (κ1) is 48.8. The van der Waals surface area contributed by atoms with Crippen LogP contribution in [0.5, 0.6) is 0 Å². The Labute approximate surface area is 89.5 Å². The van der Waals surface area contributed by atoms with Crippen molar-refractivity contribution in [2.45, 2.75) is 0 Å². The molecule has 4 N–H and O–H groups in total. The second-order valence-corrected chi connectivity index (χ2v) is 0. The summed E-state index contributed by atoms with van der Waals surface area (Å²) in [5.74, 6) is 0. The standard InChI is InChI=1S/Mo.2Na.2H2O.2H/h;;;2*1H2;;. The molecule has 0 saturated heterocycles. The average Bonchev–Trinajstić information content (AvgIpc) is 0. The molecule has 0 heterocycles. The van der Waals surface area contributed by atoms with Gasteiger partial charge in [-0.3, -0.25) is 0 Å². The molecule has 0 aromatic heterocycles. The van der Waals surface area contributed by atoms with E-state index in [4.69, 9.17) is 0 Å². The first-order chi connectivity index (χ1) is 0. The maximum atomic E-state index is 0. The maximum absolute atomic E-state index is 0. The van der Waals surface area contributed by atoms with Gasteiger partial charge in [0.2, 0.25) is 0 Å². The Morgan fingerprint density at radius 3 is 0.600 bits per heavy atom. The van der Waals surface area contributed by atoms with Gasteiger partial charge < -0.3 is 11.0 Å². The molecule has 0 rings (SSSR count). The first-order valence-corrected chi connectivity index (χ1v) is 0. The van der Waals surface area contributed by atoms with E-state index in [2.05, 4.69) is 0 Å². The fourth-order valence-electron chi connectivity index (χ4n) is 0. The van der Waals surface area contributed by atoms with Crippen molar-refractivity contribution in [2.24, 2.45) is 0 Å². The molecular formula is H6MoNa2O2. The van der Waals surface area contributed by atoms with E-state index in [0.717, 1.165) is 0 Å². The summed E-state index contributed by atoms with van der Waals surface area (Å²) in [6, 6.07) is 0. The van der Waals surface area contributed by atoms with Crippen LogP contribution in [0.2, 0.25) is 0 Å². The monoisotopic (exact) mass is 182 g/mol. The Morgan fingerprint density at radius 1 is 0.600 bits per heavy atom. The molecule has 0 aliphatic carbocycles. The van der Waals surface area contributed by atoms with Crippen LogP contribution in [0.4, 0.5) is 0 Å². The Kier molecular flexibility index (Phi) is 298. The van der Waals surface area contributed by atoms with Crippen LogP contribution in [0.15, 0.2) is 0 Å². The number of hydrogen-bond donors (Lipinski definition) is 0. The van der Waals surface area contributed by atoms with Gasteiger partial charge in [-0.05, 0) is 0 Å². The van der Waals surface area contributed by atoms with Crippen molar-refractivity contribution >= 4 is 59.1 Å². The molecule has 0 unspecified atom stereocenters. The minimum absolute atomic E-state index is 0. The van der Waals surface area contributed by atoms with Crippen molar-refractivity contribution < 1.29 is 32.0 Å². The molecule has 0 saturated carbocycles. The van der Waals surface area contributed by atoms with Crippen molar-refractivity contribution in [1.29, 1.82) is 0 Å². The molecule has 2 nitrogen and oxygen atoms in total. The summed E-state index contributed by atoms with van der Waals surface area (Å²) in [5.41, 5.74) is 0. The topological polar surface area (TPSA) is 63.0 Å². The number of hydrogen-bond acceptors (Lipinski definition) is 0. The van der Waals surface area contributed by atoms with E-state index in [-0.39, 0.29) is 91.1 Å². The summed E-state index contributed by atoms with van der Waals surface area (Å²) < 4.78 is 0. The zero-order valence-corrected chi connectivity index (χ0v) is 3.42. The van der Waals surface area contributed by atoms with Crippen LogP contribution < -0.4 is 0 Å². The molecule has 0 aromatic carbocycles. The summed E-state index contributed by atoms with van der Waals surface area (Å²) >= 11 is 0. The van der Waals surface area contributed by atoms with E-state index in [1.807, 2.05) is 0 Å². The summed E-state index contributed by atoms with van der Waals surface area (Å²) in [5, 5.41) is 0. The Morgan fingerprint density at radius 2 is 0.600 bits per heavy atom. The Hall–Kier alpha value is 2.61. The van der Waals surface area contributed by atoms with E-state index >= 15 is 0 Å². The molecule has 0 fully saturated rings.